The van der Waals surface area contributed by atoms with Gasteiger partial charge in [0.15, 0.2) is 0 Å². The number of pyridine rings is 2. The number of carbonyl (C=O) groups is 1. The van der Waals surface area contributed by atoms with E-state index in [1.165, 1.54) is 24.6 Å². The molecule has 1 amide bonds. The molecule has 0 atom stereocenters. The van der Waals surface area contributed by atoms with Gasteiger partial charge in [-0.3, -0.25) is 4.79 Å². The van der Waals surface area contributed by atoms with E-state index >= 15 is 0 Å². The number of thioether (sulfide) groups is 1. The van der Waals surface area contributed by atoms with Crippen molar-refractivity contribution in [3.8, 4) is 0 Å². The summed E-state index contributed by atoms with van der Waals surface area (Å²) in [5.41, 5.74) is 3.52. The number of rotatable bonds is 7. The minimum absolute atomic E-state index is 0.135. The highest BCUT2D eigenvalue weighted by atomic mass is 32.2. The smallest absolute Gasteiger partial charge is 0.254 e. The second-order valence-corrected chi connectivity index (χ2v) is 8.31. The zero-order valence-corrected chi connectivity index (χ0v) is 18.0. The molecule has 3 aromatic heterocycles. The average Bonchev–Trinajstić information content (AvgIpc) is 3.42. The van der Waals surface area contributed by atoms with E-state index in [-0.39, 0.29) is 5.91 Å². The van der Waals surface area contributed by atoms with E-state index in [0.717, 1.165) is 41.5 Å². The van der Waals surface area contributed by atoms with Crippen molar-refractivity contribution >= 4 is 23.5 Å². The van der Waals surface area contributed by atoms with Gasteiger partial charge < -0.3 is 14.7 Å². The lowest BCUT2D eigenvalue weighted by molar-refractivity contribution is 0.0947. The normalized spacial score (nSPS) is 13.6. The number of nitrogens with zero attached hydrogens (tertiary/aromatic N) is 4. The summed E-state index contributed by atoms with van der Waals surface area (Å²) in [5, 5.41) is 7.70. The number of hydrogen-bond donors (Lipinski definition) is 1. The Labute approximate surface area is 180 Å². The monoisotopic (exact) mass is 423 g/mol. The fourth-order valence-corrected chi connectivity index (χ4v) is 4.64. The molecule has 1 aliphatic heterocycles. The van der Waals surface area contributed by atoms with Gasteiger partial charge in [0.05, 0.1) is 11.3 Å². The molecule has 4 rings (SSSR count). The van der Waals surface area contributed by atoms with Crippen LogP contribution in [-0.4, -0.2) is 34.1 Å². The van der Waals surface area contributed by atoms with Crippen LogP contribution in [0.1, 0.15) is 45.8 Å². The van der Waals surface area contributed by atoms with Gasteiger partial charge >= 0.3 is 0 Å². The molecule has 0 saturated carbocycles. The van der Waals surface area contributed by atoms with Crippen molar-refractivity contribution in [1.82, 2.24) is 20.4 Å². The number of nitrogens with one attached hydrogen (secondary N) is 1. The first-order valence-electron chi connectivity index (χ1n) is 10.1. The minimum atomic E-state index is -0.135. The molecule has 1 saturated heterocycles. The highest BCUT2D eigenvalue weighted by Gasteiger charge is 2.16. The Morgan fingerprint density at radius 3 is 2.80 bits per heavy atom. The van der Waals surface area contributed by atoms with Gasteiger partial charge in [0.1, 0.15) is 16.6 Å². The molecule has 0 aromatic carbocycles. The zero-order valence-electron chi connectivity index (χ0n) is 17.2. The quantitative estimate of drug-likeness (QED) is 0.577. The Hall–Kier alpha value is -2.87. The molecule has 0 bridgehead atoms. The van der Waals surface area contributed by atoms with Gasteiger partial charge in [-0.25, -0.2) is 9.97 Å². The Bertz CT molecular complexity index is 1010. The van der Waals surface area contributed by atoms with E-state index in [2.05, 4.69) is 31.4 Å². The molecule has 156 valence electrons. The van der Waals surface area contributed by atoms with Crippen LogP contribution < -0.4 is 10.2 Å². The molecular formula is C22H25N5O2S. The second kappa shape index (κ2) is 9.30. The van der Waals surface area contributed by atoms with Crippen molar-refractivity contribution in [3.63, 3.8) is 0 Å². The predicted molar refractivity (Wildman–Crippen MR) is 117 cm³/mol. The maximum absolute atomic E-state index is 12.9. The molecule has 30 heavy (non-hydrogen) atoms. The van der Waals surface area contributed by atoms with E-state index in [1.807, 2.05) is 26.1 Å². The van der Waals surface area contributed by atoms with E-state index < -0.39 is 0 Å². The van der Waals surface area contributed by atoms with E-state index in [4.69, 9.17) is 4.52 Å². The van der Waals surface area contributed by atoms with Crippen molar-refractivity contribution in [3.05, 3.63) is 64.8 Å². The molecule has 1 aliphatic rings. The Kier molecular flexibility index (Phi) is 6.32. The molecule has 3 aromatic rings. The number of aromatic nitrogens is 3. The largest absolute Gasteiger partial charge is 0.361 e. The summed E-state index contributed by atoms with van der Waals surface area (Å²) in [6, 6.07) is 7.59. The van der Waals surface area contributed by atoms with Crippen LogP contribution in [0.25, 0.3) is 0 Å². The summed E-state index contributed by atoms with van der Waals surface area (Å²) in [4.78, 5) is 24.0. The van der Waals surface area contributed by atoms with Crippen LogP contribution in [0.5, 0.6) is 0 Å². The molecule has 8 heteroatoms. The van der Waals surface area contributed by atoms with Gasteiger partial charge in [-0.2, -0.15) is 0 Å². The maximum atomic E-state index is 12.9. The van der Waals surface area contributed by atoms with Gasteiger partial charge in [0, 0.05) is 43.3 Å². The summed E-state index contributed by atoms with van der Waals surface area (Å²) < 4.78 is 5.22. The molecule has 1 fully saturated rings. The van der Waals surface area contributed by atoms with Gasteiger partial charge in [0.2, 0.25) is 0 Å². The number of aryl methyl sites for hydroxylation is 2. The summed E-state index contributed by atoms with van der Waals surface area (Å²) in [5.74, 6) is 2.30. The first-order chi connectivity index (χ1) is 14.6. The van der Waals surface area contributed by atoms with Gasteiger partial charge in [-0.05, 0) is 56.5 Å². The zero-order chi connectivity index (χ0) is 20.9. The number of amides is 1. The lowest BCUT2D eigenvalue weighted by Crippen LogP contribution is -2.24. The van der Waals surface area contributed by atoms with Crippen LogP contribution in [0.15, 0.2) is 46.2 Å². The topological polar surface area (TPSA) is 84.1 Å². The molecule has 4 heterocycles. The second-order valence-electron chi connectivity index (χ2n) is 7.35. The van der Waals surface area contributed by atoms with Crippen molar-refractivity contribution in [2.45, 2.75) is 44.0 Å². The van der Waals surface area contributed by atoms with Crippen molar-refractivity contribution in [2.75, 3.05) is 18.0 Å². The summed E-state index contributed by atoms with van der Waals surface area (Å²) >= 11 is 1.51. The Balaban J connectivity index is 1.41. The highest BCUT2D eigenvalue weighted by Crippen LogP contribution is 2.27. The average molecular weight is 424 g/mol. The molecule has 0 radical (unpaired) electrons. The van der Waals surface area contributed by atoms with Crippen LogP contribution in [0.3, 0.4) is 0 Å². The molecule has 0 spiro atoms. The SMILES string of the molecule is Cc1noc(C)c1CSc1ncccc1C(=O)NCc1ccnc(N2CCCC2)c1. The third-order valence-corrected chi connectivity index (χ3v) is 6.28. The van der Waals surface area contributed by atoms with Gasteiger partial charge in [0.25, 0.3) is 5.91 Å². The van der Waals surface area contributed by atoms with Crippen molar-refractivity contribution < 1.29 is 9.32 Å². The third kappa shape index (κ3) is 4.64. The lowest BCUT2D eigenvalue weighted by Gasteiger charge is -2.17. The fraction of sp³-hybridized carbons (Fsp3) is 0.364. The van der Waals surface area contributed by atoms with Crippen molar-refractivity contribution in [1.29, 1.82) is 0 Å². The standard InChI is InChI=1S/C22H25N5O2S/c1-15-19(16(2)29-26-15)14-30-22-18(6-5-8-24-22)21(28)25-13-17-7-9-23-20(12-17)27-10-3-4-11-27/h5-9,12H,3-4,10-11,13-14H2,1-2H3,(H,25,28). The van der Waals surface area contributed by atoms with Crippen LogP contribution in [0.4, 0.5) is 5.82 Å². The number of anilines is 1. The summed E-state index contributed by atoms with van der Waals surface area (Å²) in [7, 11) is 0. The molecule has 1 N–H and O–H groups in total. The summed E-state index contributed by atoms with van der Waals surface area (Å²) in [6.07, 6.45) is 5.93. The van der Waals surface area contributed by atoms with E-state index in [0.29, 0.717) is 22.9 Å². The predicted octanol–water partition coefficient (Wildman–Crippen LogP) is 3.90. The van der Waals surface area contributed by atoms with Gasteiger partial charge in [-0.1, -0.05) is 5.16 Å². The summed E-state index contributed by atoms with van der Waals surface area (Å²) in [6.45, 7) is 6.36. The Morgan fingerprint density at radius 1 is 1.20 bits per heavy atom. The van der Waals surface area contributed by atoms with Crippen LogP contribution in [0.2, 0.25) is 0 Å². The Morgan fingerprint density at radius 2 is 2.03 bits per heavy atom. The first-order valence-corrected chi connectivity index (χ1v) is 11.1. The molecular weight excluding hydrogens is 398 g/mol. The van der Waals surface area contributed by atoms with E-state index in [9.17, 15) is 4.79 Å². The minimum Gasteiger partial charge on any atom is -0.361 e. The number of carbonyl (C=O) groups excluding carboxylic acids is 1. The van der Waals surface area contributed by atoms with Gasteiger partial charge in [-0.15, -0.1) is 11.8 Å². The molecule has 0 aliphatic carbocycles. The fourth-order valence-electron chi connectivity index (χ4n) is 3.49. The van der Waals surface area contributed by atoms with Crippen LogP contribution in [0, 0.1) is 13.8 Å². The molecule has 0 unspecified atom stereocenters. The van der Waals surface area contributed by atoms with Crippen LogP contribution in [-0.2, 0) is 12.3 Å². The van der Waals surface area contributed by atoms with Crippen LogP contribution >= 0.6 is 11.8 Å². The third-order valence-electron chi connectivity index (χ3n) is 5.24. The highest BCUT2D eigenvalue weighted by molar-refractivity contribution is 7.98. The maximum Gasteiger partial charge on any atom is 0.254 e. The van der Waals surface area contributed by atoms with Crippen molar-refractivity contribution in [2.24, 2.45) is 0 Å². The first kappa shape index (κ1) is 20.4. The van der Waals surface area contributed by atoms with E-state index in [1.54, 1.807) is 18.3 Å². The number of hydrogen-bond acceptors (Lipinski definition) is 7. The molecule has 7 nitrogen and oxygen atoms in total. The lowest BCUT2D eigenvalue weighted by atomic mass is 10.2.